The van der Waals surface area contributed by atoms with Gasteiger partial charge in [0.15, 0.2) is 5.96 Å². The number of aromatic nitrogens is 3. The molecule has 0 bridgehead atoms. The second kappa shape index (κ2) is 9.27. The average Bonchev–Trinajstić information content (AvgIpc) is 3.36. The van der Waals surface area contributed by atoms with Gasteiger partial charge in [0, 0.05) is 30.0 Å². The van der Waals surface area contributed by atoms with Crippen molar-refractivity contribution in [3.05, 3.63) is 64.4 Å². The maximum atomic E-state index is 14.4. The molecule has 27 heavy (non-hydrogen) atoms. The van der Waals surface area contributed by atoms with E-state index in [2.05, 4.69) is 32.5 Å². The zero-order valence-electron chi connectivity index (χ0n) is 15.4. The maximum absolute atomic E-state index is 14.4. The summed E-state index contributed by atoms with van der Waals surface area (Å²) < 4.78 is 16.0. The van der Waals surface area contributed by atoms with E-state index in [0.29, 0.717) is 24.7 Å². The van der Waals surface area contributed by atoms with Crippen LogP contribution in [0.4, 0.5) is 4.39 Å². The van der Waals surface area contributed by atoms with Crippen molar-refractivity contribution in [2.24, 2.45) is 4.99 Å². The Kier molecular flexibility index (Phi) is 6.54. The maximum Gasteiger partial charge on any atom is 0.191 e. The lowest BCUT2D eigenvalue weighted by molar-refractivity contribution is 0.615. The lowest BCUT2D eigenvalue weighted by Crippen LogP contribution is -2.36. The van der Waals surface area contributed by atoms with E-state index in [1.807, 2.05) is 19.2 Å². The fraction of sp³-hybridized carbons (Fsp3) is 0.316. The van der Waals surface area contributed by atoms with Crippen LogP contribution in [0.3, 0.4) is 0 Å². The lowest BCUT2D eigenvalue weighted by atomic mass is 10.2. The normalized spacial score (nSPS) is 11.6. The Morgan fingerprint density at radius 2 is 2.19 bits per heavy atom. The Hall–Kier alpha value is -2.74. The van der Waals surface area contributed by atoms with E-state index < -0.39 is 0 Å². The number of benzene rings is 1. The Morgan fingerprint density at radius 3 is 2.85 bits per heavy atom. The van der Waals surface area contributed by atoms with Crippen molar-refractivity contribution in [2.75, 3.05) is 6.54 Å². The average molecular weight is 387 g/mol. The van der Waals surface area contributed by atoms with Gasteiger partial charge in [0.05, 0.1) is 25.1 Å². The standard InChI is InChI=1S/C19H23FN6S/c1-3-15-11-23-18(27-15)12-25-19(22-4-2)24-10-14-5-6-17(16(20)9-14)26-8-7-21-13-26/h5-9,11,13H,3-4,10,12H2,1-2H3,(H2,22,24,25). The van der Waals surface area contributed by atoms with Gasteiger partial charge in [0.2, 0.25) is 0 Å². The van der Waals surface area contributed by atoms with Crippen LogP contribution in [0, 0.1) is 5.82 Å². The second-order valence-electron chi connectivity index (χ2n) is 5.88. The number of hydrogen-bond acceptors (Lipinski definition) is 4. The third-order valence-electron chi connectivity index (χ3n) is 3.92. The van der Waals surface area contributed by atoms with Gasteiger partial charge in [-0.25, -0.2) is 19.4 Å². The number of aliphatic imine (C=N–C) groups is 1. The second-order valence-corrected chi connectivity index (χ2v) is 7.08. The molecule has 0 unspecified atom stereocenters. The minimum Gasteiger partial charge on any atom is -0.357 e. The van der Waals surface area contributed by atoms with Crippen LogP contribution in [0.1, 0.15) is 29.3 Å². The van der Waals surface area contributed by atoms with E-state index in [-0.39, 0.29) is 5.82 Å². The first-order valence-electron chi connectivity index (χ1n) is 8.92. The summed E-state index contributed by atoms with van der Waals surface area (Å²) in [5.41, 5.74) is 1.27. The molecule has 0 aliphatic heterocycles. The van der Waals surface area contributed by atoms with E-state index in [4.69, 9.17) is 0 Å². The van der Waals surface area contributed by atoms with Crippen molar-refractivity contribution < 1.29 is 4.39 Å². The summed E-state index contributed by atoms with van der Waals surface area (Å²) in [5.74, 6) is 0.387. The minimum absolute atomic E-state index is 0.298. The quantitative estimate of drug-likeness (QED) is 0.483. The van der Waals surface area contributed by atoms with Crippen LogP contribution in [0.25, 0.3) is 5.69 Å². The zero-order valence-corrected chi connectivity index (χ0v) is 16.3. The van der Waals surface area contributed by atoms with Gasteiger partial charge in [-0.3, -0.25) is 0 Å². The summed E-state index contributed by atoms with van der Waals surface area (Å²) in [7, 11) is 0. The predicted octanol–water partition coefficient (Wildman–Crippen LogP) is 3.29. The molecule has 2 N–H and O–H groups in total. The molecule has 3 rings (SSSR count). The zero-order chi connectivity index (χ0) is 19.1. The predicted molar refractivity (Wildman–Crippen MR) is 107 cm³/mol. The van der Waals surface area contributed by atoms with Crippen LogP contribution in [-0.2, 0) is 19.5 Å². The fourth-order valence-electron chi connectivity index (χ4n) is 2.52. The number of imidazole rings is 1. The summed E-state index contributed by atoms with van der Waals surface area (Å²) in [4.78, 5) is 14.2. The van der Waals surface area contributed by atoms with Crippen molar-refractivity contribution >= 4 is 17.3 Å². The molecule has 0 aliphatic carbocycles. The molecule has 0 saturated heterocycles. The Bertz CT molecular complexity index is 888. The lowest BCUT2D eigenvalue weighted by Gasteiger charge is -2.10. The number of rotatable bonds is 7. The molecule has 0 aliphatic rings. The third-order valence-corrected chi connectivity index (χ3v) is 5.06. The van der Waals surface area contributed by atoms with Gasteiger partial charge in [0.1, 0.15) is 10.8 Å². The number of nitrogens with one attached hydrogen (secondary N) is 2. The SMILES string of the molecule is CCNC(=NCc1ccc(-n2ccnc2)c(F)c1)NCc1ncc(CC)s1. The van der Waals surface area contributed by atoms with Gasteiger partial charge in [-0.15, -0.1) is 11.3 Å². The highest BCUT2D eigenvalue weighted by atomic mass is 32.1. The van der Waals surface area contributed by atoms with Crippen LogP contribution in [0.5, 0.6) is 0 Å². The molecule has 142 valence electrons. The third kappa shape index (κ3) is 5.13. The topological polar surface area (TPSA) is 67.1 Å². The van der Waals surface area contributed by atoms with Crippen molar-refractivity contribution in [1.82, 2.24) is 25.2 Å². The van der Waals surface area contributed by atoms with Crippen LogP contribution in [0.2, 0.25) is 0 Å². The Balaban J connectivity index is 1.64. The minimum atomic E-state index is -0.298. The number of hydrogen-bond donors (Lipinski definition) is 2. The van der Waals surface area contributed by atoms with Crippen molar-refractivity contribution in [2.45, 2.75) is 33.4 Å². The van der Waals surface area contributed by atoms with E-state index in [1.165, 1.54) is 10.9 Å². The molecule has 2 heterocycles. The molecule has 0 fully saturated rings. The van der Waals surface area contributed by atoms with Crippen molar-refractivity contribution in [1.29, 1.82) is 0 Å². The van der Waals surface area contributed by atoms with Crippen molar-refractivity contribution in [3.8, 4) is 5.69 Å². The molecule has 0 atom stereocenters. The van der Waals surface area contributed by atoms with Crippen LogP contribution < -0.4 is 10.6 Å². The van der Waals surface area contributed by atoms with Gasteiger partial charge in [0.25, 0.3) is 0 Å². The molecule has 8 heteroatoms. The van der Waals surface area contributed by atoms with Crippen molar-refractivity contribution in [3.63, 3.8) is 0 Å². The number of guanidine groups is 1. The smallest absolute Gasteiger partial charge is 0.191 e. The summed E-state index contributed by atoms with van der Waals surface area (Å²) in [6.07, 6.45) is 7.82. The summed E-state index contributed by atoms with van der Waals surface area (Å²) in [6, 6.07) is 5.13. The first-order valence-corrected chi connectivity index (χ1v) is 9.73. The Labute approximate surface area is 162 Å². The summed E-state index contributed by atoms with van der Waals surface area (Å²) >= 11 is 1.70. The van der Waals surface area contributed by atoms with E-state index >= 15 is 0 Å². The molecule has 3 aromatic rings. The van der Waals surface area contributed by atoms with Crippen LogP contribution in [-0.4, -0.2) is 27.0 Å². The molecular weight excluding hydrogens is 363 g/mol. The summed E-state index contributed by atoms with van der Waals surface area (Å²) in [5, 5.41) is 7.50. The number of thiazole rings is 1. The van der Waals surface area contributed by atoms with Gasteiger partial charge < -0.3 is 15.2 Å². The highest BCUT2D eigenvalue weighted by Crippen LogP contribution is 2.16. The highest BCUT2D eigenvalue weighted by Gasteiger charge is 2.06. The highest BCUT2D eigenvalue weighted by molar-refractivity contribution is 7.11. The molecule has 0 spiro atoms. The monoisotopic (exact) mass is 386 g/mol. The molecule has 2 aromatic heterocycles. The largest absolute Gasteiger partial charge is 0.357 e. The van der Waals surface area contributed by atoms with Crippen LogP contribution >= 0.6 is 11.3 Å². The van der Waals surface area contributed by atoms with E-state index in [0.717, 1.165) is 23.5 Å². The van der Waals surface area contributed by atoms with Gasteiger partial charge in [-0.05, 0) is 31.0 Å². The van der Waals surface area contributed by atoms with Gasteiger partial charge >= 0.3 is 0 Å². The molecule has 0 amide bonds. The molecule has 6 nitrogen and oxygen atoms in total. The van der Waals surface area contributed by atoms with Crippen LogP contribution in [0.15, 0.2) is 48.1 Å². The fourth-order valence-corrected chi connectivity index (χ4v) is 3.33. The van der Waals surface area contributed by atoms with Gasteiger partial charge in [-0.1, -0.05) is 13.0 Å². The molecule has 1 aromatic carbocycles. The first kappa shape index (κ1) is 19.0. The molecular formula is C19H23FN6S. The molecule has 0 radical (unpaired) electrons. The van der Waals surface area contributed by atoms with Gasteiger partial charge in [-0.2, -0.15) is 0 Å². The molecule has 0 saturated carbocycles. The number of nitrogens with zero attached hydrogens (tertiary/aromatic N) is 4. The number of halogens is 1. The Morgan fingerprint density at radius 1 is 1.30 bits per heavy atom. The summed E-state index contributed by atoms with van der Waals surface area (Å²) in [6.45, 7) is 5.87. The van der Waals surface area contributed by atoms with E-state index in [1.54, 1.807) is 40.7 Å². The first-order chi connectivity index (χ1) is 13.2. The number of aryl methyl sites for hydroxylation is 1. The van der Waals surface area contributed by atoms with E-state index in [9.17, 15) is 4.39 Å².